The number of sulfonamides is 1. The fourth-order valence-corrected chi connectivity index (χ4v) is 4.09. The van der Waals surface area contributed by atoms with Crippen LogP contribution in [0, 0.1) is 10.1 Å². The van der Waals surface area contributed by atoms with Crippen LogP contribution < -0.4 is 5.14 Å². The van der Waals surface area contributed by atoms with Gasteiger partial charge in [0.15, 0.2) is 0 Å². The Morgan fingerprint density at radius 1 is 1.43 bits per heavy atom. The summed E-state index contributed by atoms with van der Waals surface area (Å²) in [5.74, 6) is -0.127. The molecule has 0 saturated carbocycles. The highest BCUT2D eigenvalue weighted by Gasteiger charge is 2.19. The number of aromatic nitrogens is 1. The molecule has 0 unspecified atom stereocenters. The SMILES string of the molecule is NS(=O)(=O)CCSc1c([N+](=O)[O-])cnc2ccc(Br)cc12. The normalized spacial score (nSPS) is 11.7. The molecule has 1 aromatic heterocycles. The highest BCUT2D eigenvalue weighted by atomic mass is 79.9. The number of hydrogen-bond acceptors (Lipinski definition) is 6. The Bertz CT molecular complexity index is 810. The number of primary sulfonamides is 1. The second-order valence-electron chi connectivity index (χ2n) is 4.11. The highest BCUT2D eigenvalue weighted by molar-refractivity contribution is 9.10. The molecule has 2 N–H and O–H groups in total. The molecule has 0 aliphatic heterocycles. The number of pyridine rings is 1. The molecule has 2 rings (SSSR count). The monoisotopic (exact) mass is 391 g/mol. The van der Waals surface area contributed by atoms with Gasteiger partial charge in [0.05, 0.1) is 21.1 Å². The summed E-state index contributed by atoms with van der Waals surface area (Å²) >= 11 is 4.38. The largest absolute Gasteiger partial charge is 0.301 e. The lowest BCUT2D eigenvalue weighted by Gasteiger charge is -2.07. The molecule has 112 valence electrons. The summed E-state index contributed by atoms with van der Waals surface area (Å²) in [4.78, 5) is 15.0. The van der Waals surface area contributed by atoms with Crippen molar-refractivity contribution < 1.29 is 13.3 Å². The quantitative estimate of drug-likeness (QED) is 0.474. The standard InChI is InChI=1S/C11H10BrN3O4S2/c12-7-1-2-9-8(5-7)11(10(6-14-9)15(16)17)20-3-4-21(13,18)19/h1-2,5-6H,3-4H2,(H2,13,18,19). The zero-order valence-electron chi connectivity index (χ0n) is 10.5. The van der Waals surface area contributed by atoms with Crippen LogP contribution in [0.2, 0.25) is 0 Å². The van der Waals surface area contributed by atoms with Crippen molar-refractivity contribution in [2.24, 2.45) is 5.14 Å². The van der Waals surface area contributed by atoms with E-state index in [0.717, 1.165) is 16.2 Å². The Morgan fingerprint density at radius 2 is 2.14 bits per heavy atom. The van der Waals surface area contributed by atoms with E-state index in [0.29, 0.717) is 15.8 Å². The molecule has 10 heteroatoms. The average Bonchev–Trinajstić information content (AvgIpc) is 2.37. The summed E-state index contributed by atoms with van der Waals surface area (Å²) in [5, 5.41) is 16.6. The Kier molecular flexibility index (Phi) is 4.81. The number of thioether (sulfide) groups is 1. The van der Waals surface area contributed by atoms with Gasteiger partial charge in [-0.05, 0) is 18.2 Å². The van der Waals surface area contributed by atoms with Crippen molar-refractivity contribution in [1.82, 2.24) is 4.98 Å². The van der Waals surface area contributed by atoms with Crippen LogP contribution in [-0.4, -0.2) is 29.8 Å². The van der Waals surface area contributed by atoms with Gasteiger partial charge in [0, 0.05) is 15.6 Å². The van der Waals surface area contributed by atoms with Gasteiger partial charge in [-0.25, -0.2) is 18.5 Å². The van der Waals surface area contributed by atoms with E-state index in [-0.39, 0.29) is 17.2 Å². The molecule has 0 aliphatic rings. The van der Waals surface area contributed by atoms with Crippen LogP contribution in [0.3, 0.4) is 0 Å². The van der Waals surface area contributed by atoms with E-state index >= 15 is 0 Å². The number of hydrogen-bond donors (Lipinski definition) is 1. The van der Waals surface area contributed by atoms with E-state index in [2.05, 4.69) is 20.9 Å². The van der Waals surface area contributed by atoms with Gasteiger partial charge in [0.2, 0.25) is 10.0 Å². The smallest absolute Gasteiger partial charge is 0.258 e. The first kappa shape index (κ1) is 16.1. The van der Waals surface area contributed by atoms with Gasteiger partial charge >= 0.3 is 5.69 Å². The predicted molar refractivity (Wildman–Crippen MR) is 84.8 cm³/mol. The van der Waals surface area contributed by atoms with Crippen molar-refractivity contribution in [3.05, 3.63) is 39.0 Å². The molecule has 0 spiro atoms. The van der Waals surface area contributed by atoms with Crippen molar-refractivity contribution >= 4 is 54.3 Å². The fourth-order valence-electron chi connectivity index (χ4n) is 1.67. The lowest BCUT2D eigenvalue weighted by atomic mass is 10.2. The second-order valence-corrected chi connectivity index (χ2v) is 7.86. The minimum atomic E-state index is -3.60. The number of nitro groups is 1. The molecule has 0 amide bonds. The van der Waals surface area contributed by atoms with Crippen molar-refractivity contribution in [2.75, 3.05) is 11.5 Å². The average molecular weight is 392 g/mol. The predicted octanol–water partition coefficient (Wildman–Crippen LogP) is 2.29. The number of nitrogens with two attached hydrogens (primary N) is 1. The van der Waals surface area contributed by atoms with Crippen LogP contribution in [0.5, 0.6) is 0 Å². The van der Waals surface area contributed by atoms with E-state index < -0.39 is 14.9 Å². The molecule has 0 fully saturated rings. The second kappa shape index (κ2) is 6.26. The summed E-state index contributed by atoms with van der Waals surface area (Å²) in [6, 6.07) is 5.22. The third-order valence-corrected chi connectivity index (χ3v) is 5.22. The van der Waals surface area contributed by atoms with Gasteiger partial charge in [-0.1, -0.05) is 15.9 Å². The van der Waals surface area contributed by atoms with Gasteiger partial charge in [0.25, 0.3) is 0 Å². The first-order valence-corrected chi connectivity index (χ1v) is 9.13. The Balaban J connectivity index is 2.48. The summed E-state index contributed by atoms with van der Waals surface area (Å²) in [5.41, 5.74) is 0.446. The Morgan fingerprint density at radius 3 is 2.76 bits per heavy atom. The van der Waals surface area contributed by atoms with Crippen molar-refractivity contribution in [3.63, 3.8) is 0 Å². The number of benzene rings is 1. The van der Waals surface area contributed by atoms with Gasteiger partial charge in [0.1, 0.15) is 6.20 Å². The Labute approximate surface area is 133 Å². The lowest BCUT2D eigenvalue weighted by molar-refractivity contribution is -0.387. The summed E-state index contributed by atoms with van der Waals surface area (Å²) < 4.78 is 22.7. The molecule has 0 bridgehead atoms. The molecule has 0 saturated heterocycles. The van der Waals surface area contributed by atoms with E-state index in [4.69, 9.17) is 5.14 Å². The molecule has 1 heterocycles. The molecule has 1 aromatic carbocycles. The van der Waals surface area contributed by atoms with Gasteiger partial charge in [-0.3, -0.25) is 10.1 Å². The fraction of sp³-hybridized carbons (Fsp3) is 0.182. The van der Waals surface area contributed by atoms with Gasteiger partial charge < -0.3 is 0 Å². The van der Waals surface area contributed by atoms with E-state index in [1.165, 1.54) is 6.20 Å². The van der Waals surface area contributed by atoms with Crippen LogP contribution in [-0.2, 0) is 10.0 Å². The molecule has 0 aliphatic carbocycles. The zero-order chi connectivity index (χ0) is 15.6. The summed E-state index contributed by atoms with van der Waals surface area (Å²) in [6.07, 6.45) is 1.18. The maximum Gasteiger partial charge on any atom is 0.301 e. The first-order chi connectivity index (χ1) is 9.78. The number of fused-ring (bicyclic) bond motifs is 1. The minimum Gasteiger partial charge on any atom is -0.258 e. The van der Waals surface area contributed by atoms with E-state index in [1.54, 1.807) is 18.2 Å². The Hall–Kier alpha value is -1.23. The molecule has 2 aromatic rings. The van der Waals surface area contributed by atoms with Crippen LogP contribution in [0.25, 0.3) is 10.9 Å². The summed E-state index contributed by atoms with van der Waals surface area (Å²) in [6.45, 7) is 0. The maximum atomic E-state index is 11.1. The first-order valence-electron chi connectivity index (χ1n) is 5.64. The van der Waals surface area contributed by atoms with E-state index in [9.17, 15) is 18.5 Å². The van der Waals surface area contributed by atoms with Crippen molar-refractivity contribution in [2.45, 2.75) is 4.90 Å². The zero-order valence-corrected chi connectivity index (χ0v) is 13.7. The number of halogens is 1. The van der Waals surface area contributed by atoms with Crippen LogP contribution >= 0.6 is 27.7 Å². The maximum absolute atomic E-state index is 11.1. The third kappa shape index (κ3) is 4.13. The van der Waals surface area contributed by atoms with Gasteiger partial charge in [-0.2, -0.15) is 0 Å². The van der Waals surface area contributed by atoms with Crippen molar-refractivity contribution in [3.8, 4) is 0 Å². The molecule has 0 atom stereocenters. The molecule has 21 heavy (non-hydrogen) atoms. The van der Waals surface area contributed by atoms with E-state index in [1.807, 2.05) is 0 Å². The molecule has 7 nitrogen and oxygen atoms in total. The third-order valence-electron chi connectivity index (χ3n) is 2.57. The van der Waals surface area contributed by atoms with Crippen molar-refractivity contribution in [1.29, 1.82) is 0 Å². The lowest BCUT2D eigenvalue weighted by Crippen LogP contribution is -2.17. The number of rotatable bonds is 5. The molecule has 0 radical (unpaired) electrons. The summed E-state index contributed by atoms with van der Waals surface area (Å²) in [7, 11) is -3.60. The molecular formula is C11H10BrN3O4S2. The van der Waals surface area contributed by atoms with Crippen LogP contribution in [0.15, 0.2) is 33.8 Å². The van der Waals surface area contributed by atoms with Crippen LogP contribution in [0.4, 0.5) is 5.69 Å². The minimum absolute atomic E-state index is 0.130. The number of nitrogens with zero attached hydrogens (tertiary/aromatic N) is 2. The highest BCUT2D eigenvalue weighted by Crippen LogP contribution is 2.36. The molecular weight excluding hydrogens is 382 g/mol. The topological polar surface area (TPSA) is 116 Å². The van der Waals surface area contributed by atoms with Crippen LogP contribution in [0.1, 0.15) is 0 Å². The van der Waals surface area contributed by atoms with Gasteiger partial charge in [-0.15, -0.1) is 11.8 Å².